The molecular weight excluding hydrogens is 519 g/mol. The van der Waals surface area contributed by atoms with E-state index in [0.29, 0.717) is 31.7 Å². The normalized spacial score (nSPS) is 13.4. The monoisotopic (exact) mass is 546 g/mol. The number of amides is 2. The molecule has 0 bridgehead atoms. The van der Waals surface area contributed by atoms with Crippen LogP contribution >= 0.6 is 23.1 Å². The number of rotatable bonds is 7. The second-order valence-corrected chi connectivity index (χ2v) is 11.1. The van der Waals surface area contributed by atoms with Gasteiger partial charge in [-0.05, 0) is 55.5 Å². The molecule has 1 aliphatic heterocycles. The van der Waals surface area contributed by atoms with E-state index in [0.717, 1.165) is 27.0 Å². The van der Waals surface area contributed by atoms with Gasteiger partial charge in [0.1, 0.15) is 5.82 Å². The standard InChI is InChI=1S/C29H27FN4O2S2/c1-20-2-4-21(5-3-20)26-18-37-29(32-26)38-19-27(35)31-24-10-12-25(13-11-24)33-14-16-34(17-15-33)28(36)22-6-8-23(30)9-7-22/h2-13,18H,14-17,19H2,1H3,(H,31,35). The molecule has 0 saturated carbocycles. The second-order valence-electron chi connectivity index (χ2n) is 9.03. The SMILES string of the molecule is Cc1ccc(-c2csc(SCC(=O)Nc3ccc(N4CCN(C(=O)c5ccc(F)cc5)CC4)cc3)n2)cc1. The molecule has 2 heterocycles. The Morgan fingerprint density at radius 2 is 1.63 bits per heavy atom. The minimum atomic E-state index is -0.350. The molecule has 38 heavy (non-hydrogen) atoms. The van der Waals surface area contributed by atoms with E-state index in [1.165, 1.54) is 41.6 Å². The third-order valence-corrected chi connectivity index (χ3v) is 8.35. The summed E-state index contributed by atoms with van der Waals surface area (Å²) < 4.78 is 14.0. The van der Waals surface area contributed by atoms with E-state index in [9.17, 15) is 14.0 Å². The predicted octanol–water partition coefficient (Wildman–Crippen LogP) is 5.95. The van der Waals surface area contributed by atoms with Crippen LogP contribution in [0, 0.1) is 12.7 Å². The largest absolute Gasteiger partial charge is 0.368 e. The number of benzene rings is 3. The number of aryl methyl sites for hydroxylation is 1. The Labute approximate surface area is 229 Å². The summed E-state index contributed by atoms with van der Waals surface area (Å²) in [5, 5.41) is 4.97. The van der Waals surface area contributed by atoms with Gasteiger partial charge in [0, 0.05) is 54.1 Å². The Morgan fingerprint density at radius 1 is 0.947 bits per heavy atom. The molecule has 1 fully saturated rings. The molecular formula is C29H27FN4O2S2. The van der Waals surface area contributed by atoms with Crippen molar-refractivity contribution in [1.29, 1.82) is 0 Å². The highest BCUT2D eigenvalue weighted by molar-refractivity contribution is 8.01. The maximum Gasteiger partial charge on any atom is 0.253 e. The van der Waals surface area contributed by atoms with Gasteiger partial charge in [0.25, 0.3) is 5.91 Å². The Balaban J connectivity index is 1.08. The molecule has 1 aromatic heterocycles. The van der Waals surface area contributed by atoms with E-state index in [2.05, 4.69) is 46.4 Å². The number of hydrogen-bond acceptors (Lipinski definition) is 6. The third kappa shape index (κ3) is 6.41. The second kappa shape index (κ2) is 11.8. The molecule has 0 unspecified atom stereocenters. The van der Waals surface area contributed by atoms with Gasteiger partial charge in [-0.2, -0.15) is 0 Å². The van der Waals surface area contributed by atoms with Gasteiger partial charge < -0.3 is 15.1 Å². The van der Waals surface area contributed by atoms with Crippen molar-refractivity contribution >= 4 is 46.3 Å². The fraction of sp³-hybridized carbons (Fsp3) is 0.207. The van der Waals surface area contributed by atoms with E-state index in [4.69, 9.17) is 0 Å². The molecule has 0 spiro atoms. The molecule has 0 aliphatic carbocycles. The number of thioether (sulfide) groups is 1. The van der Waals surface area contributed by atoms with Crippen LogP contribution < -0.4 is 10.2 Å². The highest BCUT2D eigenvalue weighted by Gasteiger charge is 2.22. The fourth-order valence-corrected chi connectivity index (χ4v) is 5.84. The molecule has 0 atom stereocenters. The smallest absolute Gasteiger partial charge is 0.253 e. The van der Waals surface area contributed by atoms with Crippen molar-refractivity contribution < 1.29 is 14.0 Å². The number of aromatic nitrogens is 1. The van der Waals surface area contributed by atoms with Crippen LogP contribution in [0.1, 0.15) is 15.9 Å². The van der Waals surface area contributed by atoms with E-state index in [1.54, 1.807) is 16.2 Å². The summed E-state index contributed by atoms with van der Waals surface area (Å²) >= 11 is 2.97. The Bertz CT molecular complexity index is 1400. The number of hydrogen-bond donors (Lipinski definition) is 1. The Hall–Kier alpha value is -3.69. The maximum atomic E-state index is 13.1. The summed E-state index contributed by atoms with van der Waals surface area (Å²) in [6, 6.07) is 21.7. The lowest BCUT2D eigenvalue weighted by molar-refractivity contribution is -0.113. The highest BCUT2D eigenvalue weighted by atomic mass is 32.2. The summed E-state index contributed by atoms with van der Waals surface area (Å²) in [6.45, 7) is 4.64. The van der Waals surface area contributed by atoms with Crippen molar-refractivity contribution in [2.75, 3.05) is 42.1 Å². The first-order valence-corrected chi connectivity index (χ1v) is 14.2. The van der Waals surface area contributed by atoms with Gasteiger partial charge in [-0.1, -0.05) is 41.6 Å². The number of nitrogens with one attached hydrogen (secondary N) is 1. The van der Waals surface area contributed by atoms with Crippen LogP contribution in [0.25, 0.3) is 11.3 Å². The van der Waals surface area contributed by atoms with Crippen LogP contribution in [0.5, 0.6) is 0 Å². The summed E-state index contributed by atoms with van der Waals surface area (Å²) in [5.41, 5.74) is 5.49. The quantitative estimate of drug-likeness (QED) is 0.290. The number of nitrogens with zero attached hydrogens (tertiary/aromatic N) is 3. The molecule has 2 amide bonds. The molecule has 5 rings (SSSR count). The average molecular weight is 547 g/mol. The number of carbonyl (C=O) groups is 2. The van der Waals surface area contributed by atoms with Crippen LogP contribution in [0.3, 0.4) is 0 Å². The molecule has 6 nitrogen and oxygen atoms in total. The summed E-state index contributed by atoms with van der Waals surface area (Å²) in [4.78, 5) is 33.8. The Morgan fingerprint density at radius 3 is 2.32 bits per heavy atom. The van der Waals surface area contributed by atoms with E-state index < -0.39 is 0 Å². The average Bonchev–Trinajstić information content (AvgIpc) is 3.42. The number of thiazole rings is 1. The van der Waals surface area contributed by atoms with Gasteiger partial charge in [0.15, 0.2) is 4.34 Å². The van der Waals surface area contributed by atoms with Crippen LogP contribution in [-0.4, -0.2) is 53.6 Å². The first kappa shape index (κ1) is 25.9. The zero-order valence-corrected chi connectivity index (χ0v) is 22.5. The van der Waals surface area contributed by atoms with E-state index in [-0.39, 0.29) is 23.4 Å². The first-order chi connectivity index (χ1) is 18.4. The lowest BCUT2D eigenvalue weighted by Gasteiger charge is -2.36. The minimum Gasteiger partial charge on any atom is -0.368 e. The number of piperazine rings is 1. The molecule has 194 valence electrons. The number of carbonyl (C=O) groups excluding carboxylic acids is 2. The van der Waals surface area contributed by atoms with Gasteiger partial charge in [0.05, 0.1) is 11.4 Å². The number of halogens is 1. The van der Waals surface area contributed by atoms with Crippen molar-refractivity contribution in [3.8, 4) is 11.3 Å². The summed E-state index contributed by atoms with van der Waals surface area (Å²) in [7, 11) is 0. The maximum absolute atomic E-state index is 13.1. The van der Waals surface area contributed by atoms with Crippen LogP contribution in [0.2, 0.25) is 0 Å². The predicted molar refractivity (Wildman–Crippen MR) is 153 cm³/mol. The van der Waals surface area contributed by atoms with Crippen LogP contribution in [-0.2, 0) is 4.79 Å². The molecule has 3 aromatic carbocycles. The third-order valence-electron chi connectivity index (χ3n) is 6.33. The lowest BCUT2D eigenvalue weighted by atomic mass is 10.1. The van der Waals surface area contributed by atoms with Crippen molar-refractivity contribution in [3.63, 3.8) is 0 Å². The molecule has 9 heteroatoms. The van der Waals surface area contributed by atoms with Gasteiger partial charge in [0.2, 0.25) is 5.91 Å². The fourth-order valence-electron chi connectivity index (χ4n) is 4.20. The number of anilines is 2. The molecule has 0 radical (unpaired) electrons. The molecule has 1 aliphatic rings. The van der Waals surface area contributed by atoms with Gasteiger partial charge in [-0.15, -0.1) is 11.3 Å². The molecule has 1 N–H and O–H groups in total. The zero-order valence-electron chi connectivity index (χ0n) is 20.9. The van der Waals surface area contributed by atoms with Crippen LogP contribution in [0.4, 0.5) is 15.8 Å². The summed E-state index contributed by atoms with van der Waals surface area (Å²) in [5.74, 6) is -0.226. The van der Waals surface area contributed by atoms with E-state index >= 15 is 0 Å². The van der Waals surface area contributed by atoms with Crippen molar-refractivity contribution in [1.82, 2.24) is 9.88 Å². The van der Waals surface area contributed by atoms with E-state index in [1.807, 2.05) is 29.6 Å². The summed E-state index contributed by atoms with van der Waals surface area (Å²) in [6.07, 6.45) is 0. The van der Waals surface area contributed by atoms with Gasteiger partial charge in [-0.25, -0.2) is 9.37 Å². The Kier molecular flexibility index (Phi) is 8.05. The molecule has 4 aromatic rings. The topological polar surface area (TPSA) is 65.5 Å². The molecule has 1 saturated heterocycles. The minimum absolute atomic E-state index is 0.0790. The van der Waals surface area contributed by atoms with Crippen molar-refractivity contribution in [3.05, 3.63) is 95.1 Å². The van der Waals surface area contributed by atoms with Gasteiger partial charge in [-0.3, -0.25) is 9.59 Å². The highest BCUT2D eigenvalue weighted by Crippen LogP contribution is 2.28. The van der Waals surface area contributed by atoms with Crippen molar-refractivity contribution in [2.45, 2.75) is 11.3 Å². The van der Waals surface area contributed by atoms with Crippen LogP contribution in [0.15, 0.2) is 82.5 Å². The van der Waals surface area contributed by atoms with Gasteiger partial charge >= 0.3 is 0 Å². The lowest BCUT2D eigenvalue weighted by Crippen LogP contribution is -2.48. The zero-order chi connectivity index (χ0) is 26.5. The van der Waals surface area contributed by atoms with Crippen molar-refractivity contribution in [2.24, 2.45) is 0 Å². The first-order valence-electron chi connectivity index (χ1n) is 12.3.